The second-order valence-electron chi connectivity index (χ2n) is 5.72. The molecule has 1 heterocycles. The zero-order valence-electron chi connectivity index (χ0n) is 12.2. The Morgan fingerprint density at radius 3 is 2.77 bits per heavy atom. The van der Waals surface area contributed by atoms with Gasteiger partial charge in [-0.1, -0.05) is 12.1 Å². The molecule has 7 heteroatoms. The fourth-order valence-corrected chi connectivity index (χ4v) is 3.67. The highest BCUT2D eigenvalue weighted by Gasteiger charge is 2.25. The van der Waals surface area contributed by atoms with Crippen molar-refractivity contribution < 1.29 is 22.7 Å². The Hall–Kier alpha value is -1.76. The molecule has 2 aliphatic rings. The summed E-state index contributed by atoms with van der Waals surface area (Å²) in [6.45, 7) is 1.42. The number of carbonyl (C=O) groups excluding carboxylic acids is 1. The molecule has 3 rings (SSSR count). The van der Waals surface area contributed by atoms with Crippen LogP contribution in [0.4, 0.5) is 0 Å². The summed E-state index contributed by atoms with van der Waals surface area (Å²) in [5.41, 5.74) is 0.534. The predicted octanol–water partition coefficient (Wildman–Crippen LogP) is 0.899. The summed E-state index contributed by atoms with van der Waals surface area (Å²) in [7, 11) is -3.54. The van der Waals surface area contributed by atoms with Gasteiger partial charge in [-0.2, -0.15) is 0 Å². The topological polar surface area (TPSA) is 81.7 Å². The van der Waals surface area contributed by atoms with Crippen LogP contribution in [0.3, 0.4) is 0 Å². The second-order valence-corrected chi connectivity index (χ2v) is 7.79. The fraction of sp³-hybridized carbons (Fsp3) is 0.533. The van der Waals surface area contributed by atoms with Gasteiger partial charge >= 0.3 is 0 Å². The molecule has 0 aromatic heterocycles. The maximum absolute atomic E-state index is 12.2. The number of nitrogens with one attached hydrogen (secondary N) is 1. The fourth-order valence-electron chi connectivity index (χ4n) is 2.37. The Balaban J connectivity index is 1.64. The molecule has 120 valence electrons. The van der Waals surface area contributed by atoms with Gasteiger partial charge in [0.15, 0.2) is 21.3 Å². The molecule has 1 aromatic carbocycles. The van der Waals surface area contributed by atoms with E-state index in [2.05, 4.69) is 5.32 Å². The summed E-state index contributed by atoms with van der Waals surface area (Å²) in [4.78, 5) is 11.7. The van der Waals surface area contributed by atoms with Crippen LogP contribution in [0, 0.1) is 5.92 Å². The van der Waals surface area contributed by atoms with E-state index in [9.17, 15) is 13.2 Å². The van der Waals surface area contributed by atoms with Crippen molar-refractivity contribution >= 4 is 15.7 Å². The first-order valence-corrected chi connectivity index (χ1v) is 9.20. The van der Waals surface area contributed by atoms with Gasteiger partial charge in [0.05, 0.1) is 5.75 Å². The molecule has 1 N–H and O–H groups in total. The molecule has 1 amide bonds. The van der Waals surface area contributed by atoms with Crippen molar-refractivity contribution in [1.82, 2.24) is 5.32 Å². The monoisotopic (exact) mass is 325 g/mol. The molecule has 1 aliphatic heterocycles. The van der Waals surface area contributed by atoms with Crippen molar-refractivity contribution in [1.29, 1.82) is 0 Å². The van der Waals surface area contributed by atoms with Gasteiger partial charge < -0.3 is 14.8 Å². The van der Waals surface area contributed by atoms with Gasteiger partial charge in [-0.15, -0.1) is 0 Å². The number of fused-ring (bicyclic) bond motifs is 1. The molecule has 1 saturated carbocycles. The Bertz CT molecular complexity index is 667. The lowest BCUT2D eigenvalue weighted by Gasteiger charge is -2.20. The summed E-state index contributed by atoms with van der Waals surface area (Å²) in [5.74, 6) is 0.390. The van der Waals surface area contributed by atoms with E-state index in [-0.39, 0.29) is 5.75 Å². The molecule has 0 unspecified atom stereocenters. The number of hydrogen-bond donors (Lipinski definition) is 1. The highest BCUT2D eigenvalue weighted by Crippen LogP contribution is 2.34. The van der Waals surface area contributed by atoms with E-state index in [1.165, 1.54) is 0 Å². The molecular weight excluding hydrogens is 306 g/mol. The van der Waals surface area contributed by atoms with Crippen LogP contribution in [0.1, 0.15) is 18.4 Å². The van der Waals surface area contributed by atoms with Crippen molar-refractivity contribution in [3.8, 4) is 11.5 Å². The molecule has 1 aromatic rings. The molecule has 6 nitrogen and oxygen atoms in total. The molecule has 0 radical (unpaired) electrons. The number of carbonyl (C=O) groups is 1. The molecular formula is C15H19NO5S. The Morgan fingerprint density at radius 2 is 2.00 bits per heavy atom. The first kappa shape index (κ1) is 15.1. The van der Waals surface area contributed by atoms with Crippen LogP contribution < -0.4 is 14.8 Å². The Labute approximate surface area is 129 Å². The molecule has 1 aliphatic carbocycles. The summed E-state index contributed by atoms with van der Waals surface area (Å²) >= 11 is 0. The number of para-hydroxylation sites is 1. The van der Waals surface area contributed by atoms with Crippen molar-refractivity contribution in [2.45, 2.75) is 18.6 Å². The van der Waals surface area contributed by atoms with Crippen LogP contribution in [0.25, 0.3) is 0 Å². The molecule has 22 heavy (non-hydrogen) atoms. The number of amides is 1. The van der Waals surface area contributed by atoms with Crippen molar-refractivity contribution in [2.75, 3.05) is 25.5 Å². The molecule has 0 saturated heterocycles. The van der Waals surface area contributed by atoms with E-state index in [4.69, 9.17) is 9.47 Å². The highest BCUT2D eigenvalue weighted by molar-refractivity contribution is 7.91. The smallest absolute Gasteiger partial charge is 0.235 e. The standard InChI is InChI=1S/C15H19NO5S/c17-14(16-8-11-4-5-11)10-22(18,19)9-12-2-1-3-13-15(12)21-7-6-20-13/h1-3,11H,4-10H2,(H,16,17). The van der Waals surface area contributed by atoms with Crippen LogP contribution >= 0.6 is 0 Å². The number of rotatable bonds is 6. The average Bonchev–Trinajstić information content (AvgIpc) is 3.29. The third kappa shape index (κ3) is 3.91. The third-order valence-corrected chi connectivity index (χ3v) is 5.11. The van der Waals surface area contributed by atoms with Gasteiger partial charge in [-0.3, -0.25) is 4.79 Å². The maximum atomic E-state index is 12.2. The van der Waals surface area contributed by atoms with Crippen LogP contribution in [-0.2, 0) is 20.4 Å². The van der Waals surface area contributed by atoms with Gasteiger partial charge in [0.1, 0.15) is 19.0 Å². The maximum Gasteiger partial charge on any atom is 0.235 e. The van der Waals surface area contributed by atoms with Gasteiger partial charge in [0, 0.05) is 12.1 Å². The van der Waals surface area contributed by atoms with Gasteiger partial charge in [-0.25, -0.2) is 8.42 Å². The second kappa shape index (κ2) is 6.16. The minimum atomic E-state index is -3.54. The lowest BCUT2D eigenvalue weighted by atomic mass is 10.2. The number of benzene rings is 1. The van der Waals surface area contributed by atoms with E-state index in [0.29, 0.717) is 42.7 Å². The van der Waals surface area contributed by atoms with Crippen LogP contribution in [0.15, 0.2) is 18.2 Å². The summed E-state index contributed by atoms with van der Waals surface area (Å²) in [6.07, 6.45) is 2.22. The lowest BCUT2D eigenvalue weighted by molar-refractivity contribution is -0.118. The average molecular weight is 325 g/mol. The van der Waals surface area contributed by atoms with Crippen molar-refractivity contribution in [2.24, 2.45) is 5.92 Å². The van der Waals surface area contributed by atoms with Gasteiger partial charge in [-0.05, 0) is 24.8 Å². The predicted molar refractivity (Wildman–Crippen MR) is 80.7 cm³/mol. The van der Waals surface area contributed by atoms with E-state index in [1.54, 1.807) is 18.2 Å². The first-order valence-electron chi connectivity index (χ1n) is 7.38. The largest absolute Gasteiger partial charge is 0.486 e. The van der Waals surface area contributed by atoms with Crippen molar-refractivity contribution in [3.05, 3.63) is 23.8 Å². The quantitative estimate of drug-likeness (QED) is 0.840. The minimum absolute atomic E-state index is 0.226. The SMILES string of the molecule is O=C(CS(=O)(=O)Cc1cccc2c1OCCO2)NCC1CC1. The highest BCUT2D eigenvalue weighted by atomic mass is 32.2. The normalized spacial score (nSPS) is 17.1. The summed E-state index contributed by atoms with van der Waals surface area (Å²) in [5, 5.41) is 2.67. The summed E-state index contributed by atoms with van der Waals surface area (Å²) in [6, 6.07) is 5.16. The molecule has 1 fully saturated rings. The van der Waals surface area contributed by atoms with Crippen LogP contribution in [0.2, 0.25) is 0 Å². The number of sulfone groups is 1. The first-order chi connectivity index (χ1) is 10.5. The number of ether oxygens (including phenoxy) is 2. The van der Waals surface area contributed by atoms with Gasteiger partial charge in [0.2, 0.25) is 5.91 Å². The number of hydrogen-bond acceptors (Lipinski definition) is 5. The van der Waals surface area contributed by atoms with E-state index in [0.717, 1.165) is 12.8 Å². The Kier molecular flexibility index (Phi) is 4.24. The van der Waals surface area contributed by atoms with Gasteiger partial charge in [0.25, 0.3) is 0 Å². The zero-order chi connectivity index (χ0) is 15.6. The van der Waals surface area contributed by atoms with E-state index >= 15 is 0 Å². The molecule has 0 bridgehead atoms. The van der Waals surface area contributed by atoms with Crippen LogP contribution in [0.5, 0.6) is 11.5 Å². The minimum Gasteiger partial charge on any atom is -0.486 e. The van der Waals surface area contributed by atoms with E-state index < -0.39 is 21.5 Å². The molecule has 0 spiro atoms. The lowest BCUT2D eigenvalue weighted by Crippen LogP contribution is -2.32. The van der Waals surface area contributed by atoms with Crippen LogP contribution in [-0.4, -0.2) is 39.8 Å². The zero-order valence-corrected chi connectivity index (χ0v) is 13.0. The summed E-state index contributed by atoms with van der Waals surface area (Å²) < 4.78 is 35.3. The Morgan fingerprint density at radius 1 is 1.23 bits per heavy atom. The van der Waals surface area contributed by atoms with E-state index in [1.807, 2.05) is 0 Å². The van der Waals surface area contributed by atoms with Crippen molar-refractivity contribution in [3.63, 3.8) is 0 Å². The third-order valence-electron chi connectivity index (χ3n) is 3.66. The molecule has 0 atom stereocenters.